The van der Waals surface area contributed by atoms with Gasteiger partial charge in [-0.1, -0.05) is 6.92 Å². The summed E-state index contributed by atoms with van der Waals surface area (Å²) in [6, 6.07) is 3.42. The molecule has 6 heteroatoms. The van der Waals surface area contributed by atoms with Gasteiger partial charge in [-0.15, -0.1) is 11.3 Å². The minimum atomic E-state index is -3.34. The lowest BCUT2D eigenvalue weighted by Gasteiger charge is -2.08. The lowest BCUT2D eigenvalue weighted by atomic mass is 10.1. The number of sulfonamides is 1. The first-order valence-corrected chi connectivity index (χ1v) is 7.92. The van der Waals surface area contributed by atoms with E-state index in [0.29, 0.717) is 10.8 Å². The number of thiophene rings is 1. The number of hydrogen-bond donors (Lipinski definition) is 2. The summed E-state index contributed by atoms with van der Waals surface area (Å²) < 4.78 is 26.6. The van der Waals surface area contributed by atoms with E-state index in [1.807, 2.05) is 13.8 Å². The highest BCUT2D eigenvalue weighted by molar-refractivity contribution is 7.91. The number of rotatable bonds is 7. The van der Waals surface area contributed by atoms with Gasteiger partial charge in [0, 0.05) is 18.0 Å². The summed E-state index contributed by atoms with van der Waals surface area (Å²) in [4.78, 5) is 0.985. The summed E-state index contributed by atoms with van der Waals surface area (Å²) in [6.45, 7) is 4.39. The van der Waals surface area contributed by atoms with Crippen molar-refractivity contribution in [3.8, 4) is 0 Å². The molecule has 1 unspecified atom stereocenters. The van der Waals surface area contributed by atoms with Crippen LogP contribution in [0.4, 0.5) is 0 Å². The molecule has 0 aliphatic heterocycles. The van der Waals surface area contributed by atoms with Gasteiger partial charge in [-0.05, 0) is 37.8 Å². The first kappa shape index (κ1) is 14.6. The van der Waals surface area contributed by atoms with Crippen molar-refractivity contribution in [2.24, 2.45) is 5.92 Å². The normalized spacial score (nSPS) is 13.8. The predicted octanol–water partition coefficient (Wildman–Crippen LogP) is 1.74. The summed E-state index contributed by atoms with van der Waals surface area (Å²) in [5, 5.41) is 8.84. The van der Waals surface area contributed by atoms with Crippen molar-refractivity contribution in [1.29, 1.82) is 0 Å². The molecule has 0 amide bonds. The second-order valence-electron chi connectivity index (χ2n) is 4.19. The molecule has 1 aromatic rings. The molecule has 4 nitrogen and oxygen atoms in total. The molecule has 1 heterocycles. The van der Waals surface area contributed by atoms with Gasteiger partial charge in [0.25, 0.3) is 0 Å². The van der Waals surface area contributed by atoms with Crippen molar-refractivity contribution in [3.05, 3.63) is 17.0 Å². The average molecular weight is 277 g/mol. The van der Waals surface area contributed by atoms with Crippen molar-refractivity contribution >= 4 is 21.4 Å². The van der Waals surface area contributed by atoms with Crippen LogP contribution < -0.4 is 4.72 Å². The molecule has 0 aliphatic carbocycles. The fourth-order valence-corrected chi connectivity index (χ4v) is 3.78. The lowest BCUT2D eigenvalue weighted by molar-refractivity contribution is 0.228. The molecule has 0 fully saturated rings. The van der Waals surface area contributed by atoms with Crippen LogP contribution in [0, 0.1) is 12.8 Å². The van der Waals surface area contributed by atoms with Gasteiger partial charge in [-0.25, -0.2) is 13.1 Å². The van der Waals surface area contributed by atoms with Crippen LogP contribution in [0.5, 0.6) is 0 Å². The fourth-order valence-electron chi connectivity index (χ4n) is 1.38. The highest BCUT2D eigenvalue weighted by atomic mass is 32.2. The zero-order chi connectivity index (χ0) is 12.9. The molecule has 0 aliphatic rings. The van der Waals surface area contributed by atoms with Gasteiger partial charge in [0.2, 0.25) is 10.0 Å². The second-order valence-corrected chi connectivity index (χ2v) is 7.47. The van der Waals surface area contributed by atoms with Gasteiger partial charge in [0.1, 0.15) is 4.21 Å². The molecule has 0 aromatic carbocycles. The Hall–Kier alpha value is -0.430. The quantitative estimate of drug-likeness (QED) is 0.746. The second kappa shape index (κ2) is 6.49. The van der Waals surface area contributed by atoms with Crippen LogP contribution >= 0.6 is 11.3 Å². The Morgan fingerprint density at radius 2 is 2.18 bits per heavy atom. The van der Waals surface area contributed by atoms with Crippen LogP contribution in [0.15, 0.2) is 16.3 Å². The monoisotopic (exact) mass is 277 g/mol. The number of nitrogens with one attached hydrogen (secondary N) is 1. The molecular weight excluding hydrogens is 258 g/mol. The minimum absolute atomic E-state index is 0.150. The molecule has 98 valence electrons. The molecule has 1 aromatic heterocycles. The van der Waals surface area contributed by atoms with Crippen molar-refractivity contribution in [1.82, 2.24) is 4.72 Å². The largest absolute Gasteiger partial charge is 0.396 e. The molecule has 0 bridgehead atoms. The zero-order valence-corrected chi connectivity index (χ0v) is 11.8. The van der Waals surface area contributed by atoms with Crippen LogP contribution in [0.2, 0.25) is 0 Å². The Labute approximate surface area is 107 Å². The molecule has 2 N–H and O–H groups in total. The van der Waals surface area contributed by atoms with Crippen LogP contribution in [-0.4, -0.2) is 26.7 Å². The van der Waals surface area contributed by atoms with Crippen LogP contribution in [0.25, 0.3) is 0 Å². The summed E-state index contributed by atoms with van der Waals surface area (Å²) in [5.41, 5.74) is 0. The van der Waals surface area contributed by atoms with Gasteiger partial charge < -0.3 is 5.11 Å². The van der Waals surface area contributed by atoms with Crippen LogP contribution in [-0.2, 0) is 10.0 Å². The van der Waals surface area contributed by atoms with Crippen LogP contribution in [0.1, 0.15) is 24.6 Å². The van der Waals surface area contributed by atoms with E-state index in [2.05, 4.69) is 4.72 Å². The van der Waals surface area contributed by atoms with Gasteiger partial charge >= 0.3 is 0 Å². The molecule has 0 radical (unpaired) electrons. The maximum absolute atomic E-state index is 11.8. The molecule has 17 heavy (non-hydrogen) atoms. The lowest BCUT2D eigenvalue weighted by Crippen LogP contribution is -2.24. The molecule has 0 spiro atoms. The Morgan fingerprint density at radius 3 is 2.71 bits per heavy atom. The van der Waals surface area contributed by atoms with E-state index >= 15 is 0 Å². The van der Waals surface area contributed by atoms with Crippen molar-refractivity contribution in [2.45, 2.75) is 30.9 Å². The van der Waals surface area contributed by atoms with E-state index in [9.17, 15) is 8.42 Å². The Bertz CT molecular complexity index is 439. The predicted molar refractivity (Wildman–Crippen MR) is 69.7 cm³/mol. The van der Waals surface area contributed by atoms with Crippen LogP contribution in [0.3, 0.4) is 0 Å². The summed E-state index contributed by atoms with van der Waals surface area (Å²) >= 11 is 1.27. The van der Waals surface area contributed by atoms with Crippen molar-refractivity contribution in [2.75, 3.05) is 13.2 Å². The Kier molecular flexibility index (Phi) is 5.58. The summed E-state index contributed by atoms with van der Waals surface area (Å²) in [6.07, 6.45) is 1.56. The molecule has 0 saturated carbocycles. The van der Waals surface area contributed by atoms with Gasteiger partial charge in [-0.3, -0.25) is 0 Å². The topological polar surface area (TPSA) is 66.4 Å². The van der Waals surface area contributed by atoms with E-state index in [1.165, 1.54) is 11.3 Å². The molecular formula is C11H19NO3S2. The first-order chi connectivity index (χ1) is 7.95. The third-order valence-electron chi connectivity index (χ3n) is 2.46. The minimum Gasteiger partial charge on any atom is -0.396 e. The zero-order valence-electron chi connectivity index (χ0n) is 10.1. The number of aliphatic hydroxyl groups is 1. The standard InChI is InChI=1S/C11H19NO3S2/c1-9(8-13)4-3-7-12-17(14,15)11-6-5-10(2)16-11/h5-6,9,12-13H,3-4,7-8H2,1-2H3. The number of aryl methyl sites for hydroxylation is 1. The third-order valence-corrected chi connectivity index (χ3v) is 5.41. The molecule has 1 rings (SSSR count). The third kappa shape index (κ3) is 4.75. The molecule has 0 saturated heterocycles. The van der Waals surface area contributed by atoms with E-state index < -0.39 is 10.0 Å². The highest BCUT2D eigenvalue weighted by Crippen LogP contribution is 2.20. The maximum atomic E-state index is 11.8. The summed E-state index contributed by atoms with van der Waals surface area (Å²) in [7, 11) is -3.34. The van der Waals surface area contributed by atoms with Gasteiger partial charge in [0.15, 0.2) is 0 Å². The van der Waals surface area contributed by atoms with Crippen molar-refractivity contribution < 1.29 is 13.5 Å². The highest BCUT2D eigenvalue weighted by Gasteiger charge is 2.15. The summed E-state index contributed by atoms with van der Waals surface area (Å²) in [5.74, 6) is 0.225. The number of aliphatic hydroxyl groups excluding tert-OH is 1. The van der Waals surface area contributed by atoms with E-state index in [4.69, 9.17) is 5.11 Å². The van der Waals surface area contributed by atoms with Crippen molar-refractivity contribution in [3.63, 3.8) is 0 Å². The number of hydrogen-bond acceptors (Lipinski definition) is 4. The first-order valence-electron chi connectivity index (χ1n) is 5.62. The van der Waals surface area contributed by atoms with Gasteiger partial charge in [-0.2, -0.15) is 0 Å². The van der Waals surface area contributed by atoms with E-state index in [1.54, 1.807) is 12.1 Å². The molecule has 1 atom stereocenters. The Balaban J connectivity index is 2.41. The SMILES string of the molecule is Cc1ccc(S(=O)(=O)NCCCC(C)CO)s1. The van der Waals surface area contributed by atoms with Gasteiger partial charge in [0.05, 0.1) is 0 Å². The van der Waals surface area contributed by atoms with E-state index in [-0.39, 0.29) is 12.5 Å². The Morgan fingerprint density at radius 1 is 1.47 bits per heavy atom. The fraction of sp³-hybridized carbons (Fsp3) is 0.636. The average Bonchev–Trinajstić information content (AvgIpc) is 2.71. The maximum Gasteiger partial charge on any atom is 0.250 e. The van der Waals surface area contributed by atoms with E-state index in [0.717, 1.165) is 17.7 Å². The smallest absolute Gasteiger partial charge is 0.250 e.